The fraction of sp³-hybridized carbons (Fsp3) is 0.625. The highest BCUT2D eigenvalue weighted by atomic mass is 16.2. The van der Waals surface area contributed by atoms with E-state index in [1.807, 2.05) is 0 Å². The molecule has 1 aliphatic heterocycles. The molecule has 2 heteroatoms. The highest BCUT2D eigenvalue weighted by Gasteiger charge is 2.38. The Morgan fingerprint density at radius 3 is 2.50 bits per heavy atom. The molecule has 1 N–H and O–H groups in total. The van der Waals surface area contributed by atoms with E-state index in [1.165, 1.54) is 0 Å². The number of amides is 1. The smallest absolute Gasteiger partial charge is 0.226 e. The third-order valence-electron chi connectivity index (χ3n) is 1.97. The number of carbonyl (C=O) groups is 1. The Kier molecular flexibility index (Phi) is 1.79. The normalized spacial score (nSPS) is 31.3. The molecule has 0 aromatic heterocycles. The van der Waals surface area contributed by atoms with E-state index >= 15 is 0 Å². The molecule has 0 unspecified atom stereocenters. The van der Waals surface area contributed by atoms with Crippen LogP contribution in [0, 0.1) is 11.8 Å². The summed E-state index contributed by atoms with van der Waals surface area (Å²) in [6.45, 7) is 7.75. The van der Waals surface area contributed by atoms with Gasteiger partial charge in [-0.3, -0.25) is 4.79 Å². The van der Waals surface area contributed by atoms with Gasteiger partial charge in [0.05, 0.1) is 12.0 Å². The molecular weight excluding hydrogens is 126 g/mol. The SMILES string of the molecule is C=C[C@@H]1NC(=O)[C@H]1C(C)C. The third-order valence-corrected chi connectivity index (χ3v) is 1.97. The third kappa shape index (κ3) is 0.939. The molecule has 1 amide bonds. The van der Waals surface area contributed by atoms with Gasteiger partial charge in [-0.2, -0.15) is 0 Å². The molecule has 1 rings (SSSR count). The van der Waals surface area contributed by atoms with Crippen LogP contribution in [0.3, 0.4) is 0 Å². The number of β-lactam (4-membered cyclic amide) rings is 1. The molecule has 1 aliphatic rings. The van der Waals surface area contributed by atoms with Gasteiger partial charge in [0, 0.05) is 0 Å². The van der Waals surface area contributed by atoms with Gasteiger partial charge in [-0.05, 0) is 5.92 Å². The second kappa shape index (κ2) is 2.45. The van der Waals surface area contributed by atoms with Gasteiger partial charge in [0.25, 0.3) is 0 Å². The zero-order chi connectivity index (χ0) is 7.72. The minimum Gasteiger partial charge on any atom is -0.349 e. The second-order valence-corrected chi connectivity index (χ2v) is 3.04. The van der Waals surface area contributed by atoms with Gasteiger partial charge in [0.2, 0.25) is 5.91 Å². The summed E-state index contributed by atoms with van der Waals surface area (Å²) < 4.78 is 0. The highest BCUT2D eigenvalue weighted by Crippen LogP contribution is 2.23. The first-order valence-electron chi connectivity index (χ1n) is 3.59. The fourth-order valence-electron chi connectivity index (χ4n) is 1.34. The number of nitrogens with one attached hydrogen (secondary N) is 1. The van der Waals surface area contributed by atoms with E-state index in [-0.39, 0.29) is 17.9 Å². The molecule has 0 spiro atoms. The largest absolute Gasteiger partial charge is 0.349 e. The van der Waals surface area contributed by atoms with Crippen molar-refractivity contribution in [1.29, 1.82) is 0 Å². The summed E-state index contributed by atoms with van der Waals surface area (Å²) in [5.74, 6) is 0.758. The van der Waals surface area contributed by atoms with Crippen LogP contribution in [-0.4, -0.2) is 11.9 Å². The summed E-state index contributed by atoms with van der Waals surface area (Å²) in [6.07, 6.45) is 1.80. The standard InChI is InChI=1S/C8H13NO/c1-4-6-7(5(2)3)8(10)9-6/h4-7H,1H2,2-3H3,(H,9,10)/t6-,7-/m0/s1. The maximum atomic E-state index is 10.9. The first-order valence-corrected chi connectivity index (χ1v) is 3.59. The average molecular weight is 139 g/mol. The first-order chi connectivity index (χ1) is 4.66. The van der Waals surface area contributed by atoms with Crippen LogP contribution in [0.5, 0.6) is 0 Å². The van der Waals surface area contributed by atoms with Crippen molar-refractivity contribution in [3.05, 3.63) is 12.7 Å². The molecule has 1 heterocycles. The maximum Gasteiger partial charge on any atom is 0.226 e. The number of hydrogen-bond acceptors (Lipinski definition) is 1. The Labute approximate surface area is 61.3 Å². The molecule has 2 nitrogen and oxygen atoms in total. The summed E-state index contributed by atoms with van der Waals surface area (Å²) in [5, 5.41) is 2.77. The van der Waals surface area contributed by atoms with Crippen molar-refractivity contribution in [3.63, 3.8) is 0 Å². The Hall–Kier alpha value is -0.790. The summed E-state index contributed by atoms with van der Waals surface area (Å²) in [5.41, 5.74) is 0. The molecule has 0 aromatic carbocycles. The number of rotatable bonds is 2. The molecule has 1 fully saturated rings. The monoisotopic (exact) mass is 139 g/mol. The van der Waals surface area contributed by atoms with E-state index in [0.717, 1.165) is 0 Å². The van der Waals surface area contributed by atoms with Gasteiger partial charge in [-0.25, -0.2) is 0 Å². The van der Waals surface area contributed by atoms with Crippen molar-refractivity contribution in [2.75, 3.05) is 0 Å². The van der Waals surface area contributed by atoms with Gasteiger partial charge in [0.1, 0.15) is 0 Å². The van der Waals surface area contributed by atoms with Crippen LogP contribution >= 0.6 is 0 Å². The van der Waals surface area contributed by atoms with E-state index in [2.05, 4.69) is 25.7 Å². The molecule has 1 saturated heterocycles. The average Bonchev–Trinajstić information content (AvgIpc) is 1.80. The lowest BCUT2D eigenvalue weighted by Gasteiger charge is -2.37. The molecule has 10 heavy (non-hydrogen) atoms. The minimum absolute atomic E-state index is 0.164. The quantitative estimate of drug-likeness (QED) is 0.448. The number of carbonyl (C=O) groups excluding carboxylic acids is 1. The zero-order valence-corrected chi connectivity index (χ0v) is 6.42. The minimum atomic E-state index is 0.164. The van der Waals surface area contributed by atoms with Gasteiger partial charge in [-0.1, -0.05) is 19.9 Å². The fourth-order valence-corrected chi connectivity index (χ4v) is 1.34. The summed E-state index contributed by atoms with van der Waals surface area (Å²) in [6, 6.07) is 0.215. The lowest BCUT2D eigenvalue weighted by molar-refractivity contribution is -0.135. The van der Waals surface area contributed by atoms with Crippen molar-refractivity contribution in [1.82, 2.24) is 5.32 Å². The number of hydrogen-bond donors (Lipinski definition) is 1. The molecule has 56 valence electrons. The van der Waals surface area contributed by atoms with Crippen molar-refractivity contribution >= 4 is 5.91 Å². The zero-order valence-electron chi connectivity index (χ0n) is 6.42. The molecule has 0 radical (unpaired) electrons. The molecule has 0 aromatic rings. The van der Waals surface area contributed by atoms with Gasteiger partial charge < -0.3 is 5.32 Å². The van der Waals surface area contributed by atoms with E-state index in [9.17, 15) is 4.79 Å². The van der Waals surface area contributed by atoms with Gasteiger partial charge in [-0.15, -0.1) is 6.58 Å². The lowest BCUT2D eigenvalue weighted by Crippen LogP contribution is -2.58. The van der Waals surface area contributed by atoms with Crippen molar-refractivity contribution < 1.29 is 4.79 Å². The molecule has 0 bridgehead atoms. The molecule has 0 aliphatic carbocycles. The van der Waals surface area contributed by atoms with Gasteiger partial charge in [0.15, 0.2) is 0 Å². The van der Waals surface area contributed by atoms with Crippen LogP contribution in [0.25, 0.3) is 0 Å². The van der Waals surface area contributed by atoms with Crippen molar-refractivity contribution in [2.24, 2.45) is 11.8 Å². The van der Waals surface area contributed by atoms with E-state index < -0.39 is 0 Å². The van der Waals surface area contributed by atoms with Crippen molar-refractivity contribution in [3.8, 4) is 0 Å². The predicted octanol–water partition coefficient (Wildman–Crippen LogP) is 0.943. The van der Waals surface area contributed by atoms with Crippen LogP contribution in [0.15, 0.2) is 12.7 Å². The van der Waals surface area contributed by atoms with Crippen LogP contribution in [0.1, 0.15) is 13.8 Å². The highest BCUT2D eigenvalue weighted by molar-refractivity contribution is 5.86. The summed E-state index contributed by atoms with van der Waals surface area (Å²) in [7, 11) is 0. The van der Waals surface area contributed by atoms with Crippen LogP contribution in [0.4, 0.5) is 0 Å². The van der Waals surface area contributed by atoms with Crippen molar-refractivity contribution in [2.45, 2.75) is 19.9 Å². The molecular formula is C8H13NO. The summed E-state index contributed by atoms with van der Waals surface area (Å²) in [4.78, 5) is 10.9. The molecule has 0 saturated carbocycles. The Balaban J connectivity index is 2.55. The van der Waals surface area contributed by atoms with E-state index in [1.54, 1.807) is 6.08 Å². The second-order valence-electron chi connectivity index (χ2n) is 3.04. The topological polar surface area (TPSA) is 29.1 Å². The van der Waals surface area contributed by atoms with Crippen LogP contribution in [0.2, 0.25) is 0 Å². The lowest BCUT2D eigenvalue weighted by atomic mass is 9.81. The van der Waals surface area contributed by atoms with E-state index in [0.29, 0.717) is 5.92 Å². The molecule has 2 atom stereocenters. The van der Waals surface area contributed by atoms with Gasteiger partial charge >= 0.3 is 0 Å². The maximum absolute atomic E-state index is 10.9. The van der Waals surface area contributed by atoms with Crippen LogP contribution in [-0.2, 0) is 4.79 Å². The Bertz CT molecular complexity index is 163. The van der Waals surface area contributed by atoms with E-state index in [4.69, 9.17) is 0 Å². The Morgan fingerprint density at radius 1 is 1.70 bits per heavy atom. The Morgan fingerprint density at radius 2 is 2.30 bits per heavy atom. The summed E-state index contributed by atoms with van der Waals surface area (Å²) >= 11 is 0. The van der Waals surface area contributed by atoms with Crippen LogP contribution < -0.4 is 5.32 Å². The first kappa shape index (κ1) is 7.32. The predicted molar refractivity (Wildman–Crippen MR) is 40.5 cm³/mol.